The fourth-order valence-corrected chi connectivity index (χ4v) is 12.0. The molecule has 48 nitrogen and oxygen atoms in total. The van der Waals surface area contributed by atoms with E-state index < -0.39 is 245 Å². The highest BCUT2D eigenvalue weighted by Gasteiger charge is 2.56. The Balaban J connectivity index is 3.07. The summed E-state index contributed by atoms with van der Waals surface area (Å²) in [7, 11) is -69.6. The lowest BCUT2D eigenvalue weighted by Gasteiger charge is -2.44. The van der Waals surface area contributed by atoms with Crippen molar-refractivity contribution in [1.82, 2.24) is 0 Å². The lowest BCUT2D eigenvalue weighted by Crippen LogP contribution is -2.62. The molecule has 9 N–H and O–H groups in total. The van der Waals surface area contributed by atoms with Crippen LogP contribution in [0.3, 0.4) is 0 Å². The van der Waals surface area contributed by atoms with Crippen LogP contribution in [0.1, 0.15) is 6.42 Å². The molecule has 2 aliphatic rings. The molecule has 0 aromatic heterocycles. The molecule has 60 heteroatoms. The van der Waals surface area contributed by atoms with Gasteiger partial charge in [-0.2, -0.15) is 75.8 Å². The van der Waals surface area contributed by atoms with Crippen molar-refractivity contribution in [3.05, 3.63) is 0 Å². The topological polar surface area (TPSA) is 730 Å². The van der Waals surface area contributed by atoms with Crippen LogP contribution in [0.4, 0.5) is 0 Å². The van der Waals surface area contributed by atoms with E-state index in [2.05, 4.69) is 50.2 Å². The van der Waals surface area contributed by atoms with Gasteiger partial charge in [-0.3, -0.25) is 53.5 Å². The second-order valence-electron chi connectivity index (χ2n) is 14.1. The Bertz CT molecular complexity index is 3370. The van der Waals surface area contributed by atoms with Crippen molar-refractivity contribution in [1.29, 1.82) is 0 Å². The third-order valence-corrected chi connectivity index (χ3v) is 14.1. The van der Waals surface area contributed by atoms with Gasteiger partial charge in [-0.15, -0.1) is 0 Å². The first kappa shape index (κ1) is 73.5. The van der Waals surface area contributed by atoms with Crippen LogP contribution < -0.4 is 0 Å². The predicted octanol–water partition coefficient (Wildman–Crippen LogP) is -10.2. The van der Waals surface area contributed by atoms with Gasteiger partial charge < -0.3 is 14.2 Å². The van der Waals surface area contributed by atoms with E-state index in [0.717, 1.165) is 0 Å². The minimum Gasteiger partial charge on any atom is -0.372 e. The Morgan fingerprint density at radius 3 is 1.22 bits per heavy atom. The Morgan fingerprint density at radius 2 is 0.797 bits per heavy atom. The third-order valence-electron chi connectivity index (χ3n) is 8.65. The van der Waals surface area contributed by atoms with Crippen molar-refractivity contribution in [2.24, 2.45) is 5.92 Å². The zero-order chi connectivity index (χ0) is 61.5. The number of thiol groups is 3. The zero-order valence-electron chi connectivity index (χ0n) is 36.6. The summed E-state index contributed by atoms with van der Waals surface area (Å²) in [5.74, 6) is -2.49. The van der Waals surface area contributed by atoms with Crippen molar-refractivity contribution in [3.8, 4) is 0 Å². The molecule has 0 spiro atoms. The van der Waals surface area contributed by atoms with Crippen molar-refractivity contribution in [2.75, 3.05) is 26.4 Å². The Hall–Kier alpha value is -1.56. The normalized spacial score (nSPS) is 27.2. The van der Waals surface area contributed by atoms with Crippen molar-refractivity contribution < 1.29 is 206 Å². The van der Waals surface area contributed by atoms with Gasteiger partial charge in [-0.05, 0) is 6.42 Å². The second kappa shape index (κ2) is 28.6. The third kappa shape index (κ3) is 29.7. The van der Waals surface area contributed by atoms with E-state index in [-0.39, 0.29) is 0 Å². The average Bonchev–Trinajstić information content (AvgIpc) is 3.17. The van der Waals surface area contributed by atoms with E-state index in [0.29, 0.717) is 0 Å². The van der Waals surface area contributed by atoms with Gasteiger partial charge in [-0.25, -0.2) is 62.9 Å². The highest BCUT2D eigenvalue weighted by Crippen LogP contribution is 2.37. The highest BCUT2D eigenvalue weighted by atomic mass is 32.3. The minimum absolute atomic E-state index is 1.61. The van der Waals surface area contributed by atoms with Crippen LogP contribution >= 0.6 is 0 Å². The lowest BCUT2D eigenvalue weighted by molar-refractivity contribution is -0.290. The van der Waals surface area contributed by atoms with E-state index in [4.69, 9.17) is 23.3 Å². The van der Waals surface area contributed by atoms with Crippen LogP contribution in [0.15, 0.2) is 0 Å². The van der Waals surface area contributed by atoms with Crippen LogP contribution in [-0.2, 0) is 191 Å². The molecule has 2 fully saturated rings. The molecule has 79 heavy (non-hydrogen) atoms. The van der Waals surface area contributed by atoms with Crippen LogP contribution in [0, 0.1) is 5.92 Å². The molecule has 0 aromatic carbocycles. The van der Waals surface area contributed by atoms with Crippen LogP contribution in [0.5, 0.6) is 0 Å². The van der Waals surface area contributed by atoms with E-state index in [9.17, 15) is 133 Å². The minimum atomic E-state index is -6.59. The number of ether oxygens (including phenoxy) is 3. The van der Waals surface area contributed by atoms with Crippen LogP contribution in [0.25, 0.3) is 0 Å². The van der Waals surface area contributed by atoms with Crippen LogP contribution in [-0.4, -0.2) is 248 Å². The average molecular weight is 1420 g/mol. The summed E-state index contributed by atoms with van der Waals surface area (Å²) in [6, 6.07) is 0. The smallest absolute Gasteiger partial charge is 0.372 e. The molecular weight excluding hydrogens is 1380 g/mol. The molecule has 0 aromatic rings. The summed E-state index contributed by atoms with van der Waals surface area (Å²) in [6.45, 7) is -8.25. The largest absolute Gasteiger partial charge is 0.397 e. The van der Waals surface area contributed by atoms with Gasteiger partial charge in [0.15, 0.2) is 12.4 Å². The number of hydrogen-bond acceptors (Lipinski definition) is 39. The number of hydrogen-bond donors (Lipinski definition) is 12. The molecule has 0 amide bonds. The Morgan fingerprint density at radius 1 is 0.405 bits per heavy atom. The summed E-state index contributed by atoms with van der Waals surface area (Å²) < 4.78 is 436. The zero-order valence-corrected chi connectivity index (χ0v) is 46.6. The molecule has 0 radical (unpaired) electrons. The fraction of sp³-hybridized carbons (Fsp3) is 1.00. The highest BCUT2D eigenvalue weighted by molar-refractivity contribution is 7.82. The molecular formula is C19H36O48S12. The SMILES string of the molecule is O=[SH](=O)O[C@@H]1[C@@H](OS(=O)(=O)O)[C@H](OC[C@@H](O[SH](=O)=O)[C@@H](OS(=O)(=O)O)[C@H](OS(=O)(=O)O)[C@@H](CO[C@@H]2C[C@H](COS(=O)(=O)O)[C@@H](OS(=O)(=O)O)[C@H](OS(=O)(=O)O)[C@H]2OS(=O)(=O)O)OS(=O)(=O)O)O[C@H](COS(=O)(=O)O)[C@H]1O[SH](=O)=O. The fourth-order valence-electron chi connectivity index (χ4n) is 6.48. The van der Waals surface area contributed by atoms with Gasteiger partial charge >= 0.3 is 93.6 Å². The summed E-state index contributed by atoms with van der Waals surface area (Å²) >= 11 is 0. The summed E-state index contributed by atoms with van der Waals surface area (Å²) in [5.41, 5.74) is 0. The van der Waals surface area contributed by atoms with Crippen molar-refractivity contribution >= 4 is 127 Å². The number of rotatable bonds is 35. The second-order valence-corrected chi connectivity index (χ2v) is 25.6. The van der Waals surface area contributed by atoms with Gasteiger partial charge in [0.1, 0.15) is 61.0 Å². The maximum absolute atomic E-state index is 12.3. The van der Waals surface area contributed by atoms with E-state index in [1.54, 1.807) is 0 Å². The Kier molecular flexibility index (Phi) is 26.6. The van der Waals surface area contributed by atoms with Gasteiger partial charge in [-0.1, -0.05) is 0 Å². The first-order valence-electron chi connectivity index (χ1n) is 18.4. The molecule has 0 bridgehead atoms. The summed E-state index contributed by atoms with van der Waals surface area (Å²) in [6.07, 6.45) is -44.0. The lowest BCUT2D eigenvalue weighted by atomic mass is 9.81. The molecule has 2 rings (SSSR count). The first-order chi connectivity index (χ1) is 35.2. The molecule has 472 valence electrons. The van der Waals surface area contributed by atoms with Gasteiger partial charge in [0, 0.05) is 5.92 Å². The van der Waals surface area contributed by atoms with Gasteiger partial charge in [0.2, 0.25) is 0 Å². The standard InChI is InChI=1S/C19H36O48S12/c20-68(21)58-9(3-54-19-18(67-79(50,51)52)16(60-70(24)25)12(59-69(22)23)8(57-19)5-56-72(29,30)31)14(64-76(41,42)43)15(65-77(44,45)46)10(61-73(32,33)34)4-53-7-1-6(2-55-71(26,27)28)11(62-74(35,36)37)17(66-78(47,48)49)13(7)63-75(38,39)40/h6-19,68-70H,1-5H2,(H,26,27,28)(H,29,30,31)(H,32,33,34)(H,35,36,37)(H,38,39,40)(H,41,42,43)(H,44,45,46)(H,47,48,49)(H,50,51,52)/t6-,7-,8-,9-,10-,11-,12-,13+,14-,15-,16+,17+,18-,19-/m1/s1. The first-order valence-corrected chi connectivity index (χ1v) is 33.9. The molecule has 1 saturated heterocycles. The van der Waals surface area contributed by atoms with E-state index in [1.165, 1.54) is 0 Å². The maximum Gasteiger partial charge on any atom is 0.397 e. The van der Waals surface area contributed by atoms with Crippen molar-refractivity contribution in [2.45, 2.75) is 86.0 Å². The van der Waals surface area contributed by atoms with Crippen molar-refractivity contribution in [3.63, 3.8) is 0 Å². The van der Waals surface area contributed by atoms with Crippen LogP contribution in [0.2, 0.25) is 0 Å². The molecule has 1 aliphatic heterocycles. The van der Waals surface area contributed by atoms with Gasteiger partial charge in [0.25, 0.3) is 33.0 Å². The molecule has 14 atom stereocenters. The van der Waals surface area contributed by atoms with E-state index in [1.807, 2.05) is 0 Å². The summed E-state index contributed by atoms with van der Waals surface area (Å²) in [5, 5.41) is 0. The molecule has 1 heterocycles. The molecule has 0 unspecified atom stereocenters. The quantitative estimate of drug-likeness (QED) is 0.0207. The summed E-state index contributed by atoms with van der Waals surface area (Å²) in [4.78, 5) is 0. The predicted molar refractivity (Wildman–Crippen MR) is 228 cm³/mol. The van der Waals surface area contributed by atoms with Gasteiger partial charge in [0.05, 0.1) is 32.5 Å². The monoisotopic (exact) mass is 1420 g/mol. The van der Waals surface area contributed by atoms with E-state index >= 15 is 0 Å². The Labute approximate surface area is 448 Å². The maximum atomic E-state index is 12.3. The molecule has 1 saturated carbocycles. The molecule has 1 aliphatic carbocycles.